The summed E-state index contributed by atoms with van der Waals surface area (Å²) in [7, 11) is 0. The predicted octanol–water partition coefficient (Wildman–Crippen LogP) is 3.50. The topological polar surface area (TPSA) is 79.4 Å². The van der Waals surface area contributed by atoms with E-state index in [1.165, 1.54) is 0 Å². The Bertz CT molecular complexity index is 951. The molecule has 6 heteroatoms. The summed E-state index contributed by atoms with van der Waals surface area (Å²) in [5.74, 6) is 1.61. The lowest BCUT2D eigenvalue weighted by molar-refractivity contribution is 0.716. The molecule has 0 saturated carbocycles. The summed E-state index contributed by atoms with van der Waals surface area (Å²) in [5, 5.41) is 21.4. The molecular formula is C20H24N6. The number of para-hydroxylation sites is 2. The second kappa shape index (κ2) is 7.96. The predicted molar refractivity (Wildman–Crippen MR) is 103 cm³/mol. The number of hydrogen-bond donors (Lipinski definition) is 1. The molecule has 0 unspecified atom stereocenters. The minimum atomic E-state index is 0.570. The number of rotatable bonds is 7. The van der Waals surface area contributed by atoms with Crippen LogP contribution in [0.5, 0.6) is 0 Å². The van der Waals surface area contributed by atoms with Gasteiger partial charge in [-0.3, -0.25) is 0 Å². The molecule has 0 aliphatic carbocycles. The van der Waals surface area contributed by atoms with Gasteiger partial charge >= 0.3 is 0 Å². The van der Waals surface area contributed by atoms with Gasteiger partial charge in [-0.1, -0.05) is 26.0 Å². The first-order valence-electron chi connectivity index (χ1n) is 9.19. The van der Waals surface area contributed by atoms with Crippen LogP contribution in [-0.4, -0.2) is 26.3 Å². The molecule has 0 aliphatic rings. The van der Waals surface area contributed by atoms with Gasteiger partial charge in [0.15, 0.2) is 5.82 Å². The molecule has 0 atom stereocenters. The molecule has 134 valence electrons. The van der Waals surface area contributed by atoms with Crippen molar-refractivity contribution in [1.29, 1.82) is 5.26 Å². The van der Waals surface area contributed by atoms with Crippen molar-refractivity contribution in [2.75, 3.05) is 11.9 Å². The zero-order chi connectivity index (χ0) is 18.5. The molecule has 3 aromatic rings. The minimum absolute atomic E-state index is 0.570. The first kappa shape index (κ1) is 17.9. The van der Waals surface area contributed by atoms with Crippen molar-refractivity contribution in [3.8, 4) is 6.07 Å². The molecule has 0 radical (unpaired) electrons. The van der Waals surface area contributed by atoms with Crippen molar-refractivity contribution < 1.29 is 0 Å². The maximum absolute atomic E-state index is 9.57. The van der Waals surface area contributed by atoms with Crippen LogP contribution >= 0.6 is 0 Å². The van der Waals surface area contributed by atoms with E-state index in [0.717, 1.165) is 53.9 Å². The van der Waals surface area contributed by atoms with Crippen LogP contribution in [0.4, 0.5) is 5.82 Å². The smallest absolute Gasteiger partial charge is 0.166 e. The van der Waals surface area contributed by atoms with Crippen LogP contribution in [0.2, 0.25) is 0 Å². The summed E-state index contributed by atoms with van der Waals surface area (Å²) in [6, 6.07) is 10.5. The minimum Gasteiger partial charge on any atom is -0.367 e. The van der Waals surface area contributed by atoms with Crippen molar-refractivity contribution >= 4 is 16.9 Å². The zero-order valence-corrected chi connectivity index (χ0v) is 15.6. The summed E-state index contributed by atoms with van der Waals surface area (Å²) in [5.41, 5.74) is 4.68. The van der Waals surface area contributed by atoms with Crippen molar-refractivity contribution in [2.45, 2.75) is 46.6 Å². The maximum atomic E-state index is 9.57. The van der Waals surface area contributed by atoms with E-state index in [1.807, 2.05) is 32.0 Å². The fourth-order valence-electron chi connectivity index (χ4n) is 3.38. The van der Waals surface area contributed by atoms with Crippen molar-refractivity contribution in [3.05, 3.63) is 46.9 Å². The fraction of sp³-hybridized carbons (Fsp3) is 0.400. The molecule has 0 aliphatic heterocycles. The Morgan fingerprint density at radius 2 is 1.92 bits per heavy atom. The average Bonchev–Trinajstić information content (AvgIpc) is 3.04. The Balaban J connectivity index is 1.80. The van der Waals surface area contributed by atoms with Crippen LogP contribution in [0.1, 0.15) is 43.4 Å². The van der Waals surface area contributed by atoms with Gasteiger partial charge in [0, 0.05) is 19.5 Å². The van der Waals surface area contributed by atoms with Gasteiger partial charge in [0.25, 0.3) is 0 Å². The number of hydrogen-bond acceptors (Lipinski definition) is 5. The number of aryl methyl sites for hydroxylation is 2. The Morgan fingerprint density at radius 1 is 1.12 bits per heavy atom. The quantitative estimate of drug-likeness (QED) is 0.707. The largest absolute Gasteiger partial charge is 0.367 e. The lowest BCUT2D eigenvalue weighted by Crippen LogP contribution is -2.14. The third-order valence-corrected chi connectivity index (χ3v) is 4.65. The van der Waals surface area contributed by atoms with Gasteiger partial charge in [-0.25, -0.2) is 4.98 Å². The molecule has 0 bridgehead atoms. The summed E-state index contributed by atoms with van der Waals surface area (Å²) in [4.78, 5) is 4.74. The number of nitriles is 1. The van der Waals surface area contributed by atoms with Gasteiger partial charge in [-0.2, -0.15) is 10.4 Å². The molecule has 1 N–H and O–H groups in total. The first-order chi connectivity index (χ1) is 12.7. The summed E-state index contributed by atoms with van der Waals surface area (Å²) in [6.07, 6.45) is 2.32. The van der Waals surface area contributed by atoms with Crippen LogP contribution in [0.25, 0.3) is 11.0 Å². The van der Waals surface area contributed by atoms with Crippen LogP contribution < -0.4 is 5.32 Å². The number of anilines is 1. The van der Waals surface area contributed by atoms with Gasteiger partial charge in [0.2, 0.25) is 0 Å². The standard InChI is InChI=1S/C20H24N6/c1-4-14-15(13-21)20(25-24-16(14)5-2)22-12-11-19-23-17-9-7-8-10-18(17)26(19)6-3/h7-10H,4-6,11-12H2,1-3H3,(H,22,25). The molecule has 26 heavy (non-hydrogen) atoms. The van der Waals surface area contributed by atoms with Crippen LogP contribution in [-0.2, 0) is 25.8 Å². The lowest BCUT2D eigenvalue weighted by atomic mass is 10.0. The van der Waals surface area contributed by atoms with Crippen molar-refractivity contribution in [3.63, 3.8) is 0 Å². The molecule has 3 rings (SSSR count). The third kappa shape index (κ3) is 3.25. The van der Waals surface area contributed by atoms with Crippen LogP contribution in [0, 0.1) is 11.3 Å². The highest BCUT2D eigenvalue weighted by molar-refractivity contribution is 5.75. The number of aromatic nitrogens is 4. The zero-order valence-electron chi connectivity index (χ0n) is 15.6. The first-order valence-corrected chi connectivity index (χ1v) is 9.19. The van der Waals surface area contributed by atoms with Gasteiger partial charge < -0.3 is 9.88 Å². The normalized spacial score (nSPS) is 10.8. The number of benzene rings is 1. The second-order valence-electron chi connectivity index (χ2n) is 6.11. The highest BCUT2D eigenvalue weighted by atomic mass is 15.2. The molecular weight excluding hydrogens is 324 g/mol. The Morgan fingerprint density at radius 3 is 2.62 bits per heavy atom. The highest BCUT2D eigenvalue weighted by Gasteiger charge is 2.14. The molecule has 6 nitrogen and oxygen atoms in total. The van der Waals surface area contributed by atoms with E-state index in [-0.39, 0.29) is 0 Å². The van der Waals surface area contributed by atoms with E-state index in [2.05, 4.69) is 39.1 Å². The Kier molecular flexibility index (Phi) is 5.47. The molecule has 2 heterocycles. The van der Waals surface area contributed by atoms with Crippen molar-refractivity contribution in [2.24, 2.45) is 0 Å². The van der Waals surface area contributed by atoms with E-state index in [4.69, 9.17) is 4.98 Å². The van der Waals surface area contributed by atoms with E-state index < -0.39 is 0 Å². The van der Waals surface area contributed by atoms with Gasteiger partial charge in [0.1, 0.15) is 17.5 Å². The molecule has 0 saturated heterocycles. The highest BCUT2D eigenvalue weighted by Crippen LogP contribution is 2.20. The summed E-state index contributed by atoms with van der Waals surface area (Å²) < 4.78 is 2.23. The third-order valence-electron chi connectivity index (χ3n) is 4.65. The number of nitrogens with zero attached hydrogens (tertiary/aromatic N) is 5. The van der Waals surface area contributed by atoms with E-state index >= 15 is 0 Å². The Hall–Kier alpha value is -2.94. The van der Waals surface area contributed by atoms with Crippen molar-refractivity contribution in [1.82, 2.24) is 19.7 Å². The van der Waals surface area contributed by atoms with E-state index in [9.17, 15) is 5.26 Å². The molecule has 0 spiro atoms. The molecule has 2 aromatic heterocycles. The lowest BCUT2D eigenvalue weighted by Gasteiger charge is -2.12. The van der Waals surface area contributed by atoms with E-state index in [0.29, 0.717) is 17.9 Å². The Labute approximate surface area is 153 Å². The maximum Gasteiger partial charge on any atom is 0.166 e. The van der Waals surface area contributed by atoms with Crippen LogP contribution in [0.15, 0.2) is 24.3 Å². The van der Waals surface area contributed by atoms with Gasteiger partial charge in [0.05, 0.1) is 16.7 Å². The monoisotopic (exact) mass is 348 g/mol. The average molecular weight is 348 g/mol. The number of nitrogens with one attached hydrogen (secondary N) is 1. The van der Waals surface area contributed by atoms with E-state index in [1.54, 1.807) is 0 Å². The van der Waals surface area contributed by atoms with Gasteiger partial charge in [-0.15, -0.1) is 5.10 Å². The number of imidazole rings is 1. The molecule has 1 aromatic carbocycles. The molecule has 0 fully saturated rings. The van der Waals surface area contributed by atoms with Gasteiger partial charge in [-0.05, 0) is 37.5 Å². The number of fused-ring (bicyclic) bond motifs is 1. The summed E-state index contributed by atoms with van der Waals surface area (Å²) in [6.45, 7) is 7.74. The fourth-order valence-corrected chi connectivity index (χ4v) is 3.38. The second-order valence-corrected chi connectivity index (χ2v) is 6.11. The summed E-state index contributed by atoms with van der Waals surface area (Å²) >= 11 is 0. The SMILES string of the molecule is CCc1nnc(NCCc2nc3ccccc3n2CC)c(C#N)c1CC. The van der Waals surface area contributed by atoms with Crippen LogP contribution in [0.3, 0.4) is 0 Å². The molecule has 0 amide bonds.